The lowest BCUT2D eigenvalue weighted by molar-refractivity contribution is -0.116. The number of dihydropyridines is 1. The molecule has 1 aliphatic heterocycles. The fourth-order valence-electron chi connectivity index (χ4n) is 3.78. The Hall–Kier alpha value is -2.80. The number of allylic oxidation sites excluding steroid dienone is 4. The molecule has 2 heterocycles. The largest absolute Gasteiger partial charge is 0.361 e. The number of nitrogens with one attached hydrogen (secondary N) is 2. The molecule has 4 heteroatoms. The van der Waals surface area contributed by atoms with E-state index in [0.717, 1.165) is 46.3 Å². The van der Waals surface area contributed by atoms with Crippen LogP contribution in [0, 0.1) is 11.3 Å². The number of H-pyrrole nitrogens is 1. The van der Waals surface area contributed by atoms with Gasteiger partial charge in [-0.15, -0.1) is 0 Å². The number of benzene rings is 1. The molecule has 1 aromatic carbocycles. The van der Waals surface area contributed by atoms with Crippen LogP contribution in [-0.2, 0) is 4.79 Å². The first kappa shape index (κ1) is 13.8. The lowest BCUT2D eigenvalue weighted by Crippen LogP contribution is -2.31. The second kappa shape index (κ2) is 5.13. The first-order valence-electron chi connectivity index (χ1n) is 7.91. The molecular formula is C19H17N3O. The Morgan fingerprint density at radius 2 is 2.09 bits per heavy atom. The summed E-state index contributed by atoms with van der Waals surface area (Å²) in [7, 11) is 0. The van der Waals surface area contributed by atoms with E-state index in [0.29, 0.717) is 12.0 Å². The van der Waals surface area contributed by atoms with Crippen LogP contribution in [0.3, 0.4) is 0 Å². The van der Waals surface area contributed by atoms with Gasteiger partial charge in [0.05, 0.1) is 17.6 Å². The van der Waals surface area contributed by atoms with E-state index < -0.39 is 0 Å². The zero-order valence-electron chi connectivity index (χ0n) is 12.9. The zero-order valence-corrected chi connectivity index (χ0v) is 12.9. The number of ketones is 1. The van der Waals surface area contributed by atoms with E-state index in [4.69, 9.17) is 0 Å². The molecule has 1 aromatic heterocycles. The highest BCUT2D eigenvalue weighted by molar-refractivity contribution is 6.01. The lowest BCUT2D eigenvalue weighted by Gasteiger charge is -2.32. The first-order chi connectivity index (χ1) is 11.2. The SMILES string of the molecule is CC1=C(C#N)C(c2c[nH]c3ccccc23)C2=C(CCCC2=O)N1. The van der Waals surface area contributed by atoms with Crippen LogP contribution in [0.4, 0.5) is 0 Å². The molecule has 4 rings (SSSR count). The maximum atomic E-state index is 12.6. The molecule has 2 aliphatic rings. The second-order valence-electron chi connectivity index (χ2n) is 6.17. The molecular weight excluding hydrogens is 286 g/mol. The van der Waals surface area contributed by atoms with E-state index in [-0.39, 0.29) is 11.7 Å². The third-order valence-corrected chi connectivity index (χ3v) is 4.83. The van der Waals surface area contributed by atoms with Crippen molar-refractivity contribution in [2.75, 3.05) is 0 Å². The molecule has 4 nitrogen and oxygen atoms in total. The van der Waals surface area contributed by atoms with E-state index >= 15 is 0 Å². The van der Waals surface area contributed by atoms with Gasteiger partial charge in [0.25, 0.3) is 0 Å². The molecule has 0 radical (unpaired) electrons. The summed E-state index contributed by atoms with van der Waals surface area (Å²) in [4.78, 5) is 15.9. The average molecular weight is 303 g/mol. The monoisotopic (exact) mass is 303 g/mol. The number of hydrogen-bond donors (Lipinski definition) is 2. The smallest absolute Gasteiger partial charge is 0.161 e. The predicted molar refractivity (Wildman–Crippen MR) is 88.4 cm³/mol. The van der Waals surface area contributed by atoms with Crippen LogP contribution in [0.25, 0.3) is 10.9 Å². The van der Waals surface area contributed by atoms with Crippen molar-refractivity contribution in [3.63, 3.8) is 0 Å². The summed E-state index contributed by atoms with van der Waals surface area (Å²) in [5.41, 5.74) is 5.32. The van der Waals surface area contributed by atoms with Gasteiger partial charge in [0.2, 0.25) is 0 Å². The van der Waals surface area contributed by atoms with Crippen LogP contribution in [0.1, 0.15) is 37.7 Å². The van der Waals surface area contributed by atoms with Gasteiger partial charge in [0, 0.05) is 40.5 Å². The number of nitriles is 1. The van der Waals surface area contributed by atoms with Crippen LogP contribution < -0.4 is 5.32 Å². The van der Waals surface area contributed by atoms with Crippen LogP contribution in [0.5, 0.6) is 0 Å². The van der Waals surface area contributed by atoms with Gasteiger partial charge in [0.15, 0.2) is 5.78 Å². The molecule has 1 aliphatic carbocycles. The molecule has 2 aromatic rings. The number of rotatable bonds is 1. The Morgan fingerprint density at radius 1 is 1.26 bits per heavy atom. The summed E-state index contributed by atoms with van der Waals surface area (Å²) < 4.78 is 0. The van der Waals surface area contributed by atoms with Gasteiger partial charge in [-0.25, -0.2) is 0 Å². The molecule has 0 fully saturated rings. The lowest BCUT2D eigenvalue weighted by atomic mass is 9.75. The van der Waals surface area contributed by atoms with Crippen molar-refractivity contribution in [3.8, 4) is 6.07 Å². The van der Waals surface area contributed by atoms with Crippen molar-refractivity contribution in [3.05, 3.63) is 58.6 Å². The van der Waals surface area contributed by atoms with Crippen molar-refractivity contribution in [2.45, 2.75) is 32.1 Å². The minimum atomic E-state index is -0.264. The summed E-state index contributed by atoms with van der Waals surface area (Å²) in [6, 6.07) is 10.4. The summed E-state index contributed by atoms with van der Waals surface area (Å²) in [6.07, 6.45) is 4.26. The number of fused-ring (bicyclic) bond motifs is 1. The number of para-hydroxylation sites is 1. The van der Waals surface area contributed by atoms with E-state index in [2.05, 4.69) is 16.4 Å². The summed E-state index contributed by atoms with van der Waals surface area (Å²) in [6.45, 7) is 1.92. The maximum absolute atomic E-state index is 12.6. The highest BCUT2D eigenvalue weighted by Gasteiger charge is 2.36. The van der Waals surface area contributed by atoms with E-state index in [1.807, 2.05) is 37.4 Å². The molecule has 2 N–H and O–H groups in total. The second-order valence-corrected chi connectivity index (χ2v) is 6.17. The normalized spacial score (nSPS) is 21.2. The predicted octanol–water partition coefficient (Wildman–Crippen LogP) is 3.66. The summed E-state index contributed by atoms with van der Waals surface area (Å²) in [5.74, 6) is -0.102. The molecule has 0 saturated carbocycles. The molecule has 23 heavy (non-hydrogen) atoms. The Morgan fingerprint density at radius 3 is 2.91 bits per heavy atom. The Balaban J connectivity index is 1.98. The number of aromatic amines is 1. The van der Waals surface area contributed by atoms with Gasteiger partial charge in [-0.2, -0.15) is 5.26 Å². The fourth-order valence-corrected chi connectivity index (χ4v) is 3.78. The topological polar surface area (TPSA) is 68.7 Å². The average Bonchev–Trinajstić information content (AvgIpc) is 2.97. The molecule has 114 valence electrons. The van der Waals surface area contributed by atoms with Gasteiger partial charge in [-0.3, -0.25) is 4.79 Å². The molecule has 0 bridgehead atoms. The molecule has 1 atom stereocenters. The van der Waals surface area contributed by atoms with Crippen molar-refractivity contribution in [1.82, 2.24) is 10.3 Å². The molecule has 0 spiro atoms. The minimum absolute atomic E-state index is 0.161. The number of nitrogens with zero attached hydrogens (tertiary/aromatic N) is 1. The van der Waals surface area contributed by atoms with Gasteiger partial charge in [-0.05, 0) is 31.4 Å². The number of carbonyl (C=O) groups excluding carboxylic acids is 1. The molecule has 1 unspecified atom stereocenters. The fraction of sp³-hybridized carbons (Fsp3) is 0.263. The molecule has 0 saturated heterocycles. The number of hydrogen-bond acceptors (Lipinski definition) is 3. The van der Waals surface area contributed by atoms with Gasteiger partial charge in [-0.1, -0.05) is 18.2 Å². The van der Waals surface area contributed by atoms with Crippen LogP contribution in [0.15, 0.2) is 53.0 Å². The zero-order chi connectivity index (χ0) is 16.0. The van der Waals surface area contributed by atoms with Crippen molar-refractivity contribution in [1.29, 1.82) is 5.26 Å². The van der Waals surface area contributed by atoms with Crippen molar-refractivity contribution < 1.29 is 4.79 Å². The van der Waals surface area contributed by atoms with Gasteiger partial charge >= 0.3 is 0 Å². The van der Waals surface area contributed by atoms with Gasteiger partial charge in [0.1, 0.15) is 0 Å². The Labute approximate surface area is 134 Å². The van der Waals surface area contributed by atoms with Crippen LogP contribution in [0.2, 0.25) is 0 Å². The van der Waals surface area contributed by atoms with Crippen molar-refractivity contribution >= 4 is 16.7 Å². The Bertz CT molecular complexity index is 923. The standard InChI is InChI=1S/C19H17N3O/c1-11-13(9-20)18(19-16(22-11)7-4-8-17(19)23)14-10-21-15-6-3-2-5-12(14)15/h2-3,5-6,10,18,21-22H,4,7-8H2,1H3. The highest BCUT2D eigenvalue weighted by atomic mass is 16.1. The van der Waals surface area contributed by atoms with Crippen LogP contribution in [-0.4, -0.2) is 10.8 Å². The summed E-state index contributed by atoms with van der Waals surface area (Å²) >= 11 is 0. The summed E-state index contributed by atoms with van der Waals surface area (Å²) in [5, 5.41) is 14.1. The van der Waals surface area contributed by atoms with E-state index in [1.54, 1.807) is 0 Å². The van der Waals surface area contributed by atoms with Crippen molar-refractivity contribution in [2.24, 2.45) is 0 Å². The maximum Gasteiger partial charge on any atom is 0.161 e. The minimum Gasteiger partial charge on any atom is -0.361 e. The van der Waals surface area contributed by atoms with E-state index in [1.165, 1.54) is 0 Å². The number of carbonyl (C=O) groups is 1. The quantitative estimate of drug-likeness (QED) is 0.844. The number of aromatic nitrogens is 1. The number of Topliss-reactive ketones (excluding diaryl/α,β-unsaturated/α-hetero) is 1. The highest BCUT2D eigenvalue weighted by Crippen LogP contribution is 2.43. The van der Waals surface area contributed by atoms with E-state index in [9.17, 15) is 10.1 Å². The van der Waals surface area contributed by atoms with Crippen LogP contribution >= 0.6 is 0 Å². The first-order valence-corrected chi connectivity index (χ1v) is 7.91. The third kappa shape index (κ3) is 2.01. The molecule has 0 amide bonds. The third-order valence-electron chi connectivity index (χ3n) is 4.83. The Kier molecular flexibility index (Phi) is 3.09. The van der Waals surface area contributed by atoms with Gasteiger partial charge < -0.3 is 10.3 Å².